The molecule has 0 bridgehead atoms. The Morgan fingerprint density at radius 3 is 2.36 bits per heavy atom. The van der Waals surface area contributed by atoms with Gasteiger partial charge in [-0.2, -0.15) is 0 Å². The first-order valence-corrected chi connectivity index (χ1v) is 7.44. The Balaban J connectivity index is 2.34. The molecule has 0 spiro atoms. The molecule has 0 unspecified atom stereocenters. The van der Waals surface area contributed by atoms with E-state index in [-0.39, 0.29) is 5.91 Å². The molecule has 1 N–H and O–H groups in total. The molecule has 0 aliphatic heterocycles. The second-order valence-corrected chi connectivity index (χ2v) is 4.95. The number of rotatable bonds is 6. The molecule has 0 aliphatic rings. The van der Waals surface area contributed by atoms with E-state index in [2.05, 4.69) is 5.32 Å². The van der Waals surface area contributed by atoms with Gasteiger partial charge >= 0.3 is 0 Å². The lowest BCUT2D eigenvalue weighted by atomic mass is 10.0. The maximum absolute atomic E-state index is 12.4. The predicted octanol–water partition coefficient (Wildman–Crippen LogP) is 3.76. The number of benzene rings is 2. The number of methoxy groups -OCH3 is 1. The molecule has 3 nitrogen and oxygen atoms in total. The molecule has 0 radical (unpaired) electrons. The molecule has 0 heterocycles. The summed E-state index contributed by atoms with van der Waals surface area (Å²) in [6, 6.07) is 17.4. The van der Waals surface area contributed by atoms with Gasteiger partial charge in [-0.05, 0) is 35.8 Å². The summed E-state index contributed by atoms with van der Waals surface area (Å²) in [4.78, 5) is 12.4. The van der Waals surface area contributed by atoms with Crippen molar-refractivity contribution < 1.29 is 9.53 Å². The summed E-state index contributed by atoms with van der Waals surface area (Å²) in [5, 5.41) is 2.94. The van der Waals surface area contributed by atoms with Crippen LogP contribution in [0.1, 0.15) is 24.5 Å². The van der Waals surface area contributed by atoms with Gasteiger partial charge in [0.25, 0.3) is 5.91 Å². The van der Waals surface area contributed by atoms with E-state index in [9.17, 15) is 4.79 Å². The topological polar surface area (TPSA) is 38.3 Å². The first kappa shape index (κ1) is 15.8. The Kier molecular flexibility index (Phi) is 5.78. The van der Waals surface area contributed by atoms with Crippen LogP contribution in [-0.4, -0.2) is 19.6 Å². The van der Waals surface area contributed by atoms with Crippen LogP contribution < -0.4 is 10.1 Å². The number of carbonyl (C=O) groups is 1. The molecule has 1 amide bonds. The largest absolute Gasteiger partial charge is 0.497 e. The minimum atomic E-state index is -0.0520. The van der Waals surface area contributed by atoms with Crippen LogP contribution in [-0.2, 0) is 4.79 Å². The Labute approximate surface area is 131 Å². The molecule has 0 atom stereocenters. The lowest BCUT2D eigenvalue weighted by Gasteiger charge is -2.09. The van der Waals surface area contributed by atoms with Crippen molar-refractivity contribution in [2.45, 2.75) is 13.3 Å². The van der Waals surface area contributed by atoms with Crippen molar-refractivity contribution in [3.63, 3.8) is 0 Å². The van der Waals surface area contributed by atoms with Gasteiger partial charge in [-0.25, -0.2) is 0 Å². The minimum absolute atomic E-state index is 0.0520. The zero-order chi connectivity index (χ0) is 15.8. The van der Waals surface area contributed by atoms with E-state index in [4.69, 9.17) is 4.74 Å². The van der Waals surface area contributed by atoms with Gasteiger partial charge in [0.05, 0.1) is 7.11 Å². The molecule has 0 saturated carbocycles. The van der Waals surface area contributed by atoms with Crippen molar-refractivity contribution in [2.75, 3.05) is 13.7 Å². The van der Waals surface area contributed by atoms with Gasteiger partial charge < -0.3 is 10.1 Å². The van der Waals surface area contributed by atoms with Crippen molar-refractivity contribution in [1.82, 2.24) is 5.32 Å². The molecule has 0 aromatic heterocycles. The third-order valence-electron chi connectivity index (χ3n) is 3.29. The number of carbonyl (C=O) groups excluding carboxylic acids is 1. The first-order chi connectivity index (χ1) is 10.7. The highest BCUT2D eigenvalue weighted by Gasteiger charge is 2.11. The fourth-order valence-electron chi connectivity index (χ4n) is 2.10. The Hall–Kier alpha value is -2.55. The van der Waals surface area contributed by atoms with Gasteiger partial charge in [-0.15, -0.1) is 0 Å². The van der Waals surface area contributed by atoms with Gasteiger partial charge in [-0.1, -0.05) is 49.4 Å². The summed E-state index contributed by atoms with van der Waals surface area (Å²) in [7, 11) is 1.64. The van der Waals surface area contributed by atoms with Crippen molar-refractivity contribution in [2.24, 2.45) is 0 Å². The molecule has 0 saturated heterocycles. The third-order valence-corrected chi connectivity index (χ3v) is 3.29. The summed E-state index contributed by atoms with van der Waals surface area (Å²) in [6.45, 7) is 2.71. The zero-order valence-corrected chi connectivity index (χ0v) is 13.0. The van der Waals surface area contributed by atoms with Crippen LogP contribution in [0.3, 0.4) is 0 Å². The minimum Gasteiger partial charge on any atom is -0.497 e. The molecular formula is C19H21NO2. The maximum atomic E-state index is 12.4. The Morgan fingerprint density at radius 1 is 1.09 bits per heavy atom. The van der Waals surface area contributed by atoms with E-state index in [0.717, 1.165) is 23.3 Å². The fraction of sp³-hybridized carbons (Fsp3) is 0.211. The van der Waals surface area contributed by atoms with Crippen LogP contribution in [0.25, 0.3) is 11.6 Å². The normalized spacial score (nSPS) is 11.1. The van der Waals surface area contributed by atoms with Gasteiger partial charge in [0, 0.05) is 12.1 Å². The van der Waals surface area contributed by atoms with E-state index >= 15 is 0 Å². The lowest BCUT2D eigenvalue weighted by molar-refractivity contribution is -0.115. The monoisotopic (exact) mass is 295 g/mol. The number of hydrogen-bond donors (Lipinski definition) is 1. The second-order valence-electron chi connectivity index (χ2n) is 4.95. The summed E-state index contributed by atoms with van der Waals surface area (Å²) in [5.74, 6) is 0.748. The number of hydrogen-bond acceptors (Lipinski definition) is 2. The predicted molar refractivity (Wildman–Crippen MR) is 90.6 cm³/mol. The fourth-order valence-corrected chi connectivity index (χ4v) is 2.10. The van der Waals surface area contributed by atoms with Crippen LogP contribution in [0.5, 0.6) is 5.75 Å². The van der Waals surface area contributed by atoms with Crippen LogP contribution in [0.4, 0.5) is 0 Å². The maximum Gasteiger partial charge on any atom is 0.251 e. The summed E-state index contributed by atoms with van der Waals surface area (Å²) in [6.07, 6.45) is 2.82. The number of ether oxygens (including phenoxy) is 1. The van der Waals surface area contributed by atoms with Gasteiger partial charge in [0.15, 0.2) is 0 Å². The Bertz CT molecular complexity index is 630. The summed E-state index contributed by atoms with van der Waals surface area (Å²) < 4.78 is 5.16. The van der Waals surface area contributed by atoms with Gasteiger partial charge in [0.2, 0.25) is 0 Å². The van der Waals surface area contributed by atoms with Crippen LogP contribution in [0, 0.1) is 0 Å². The lowest BCUT2D eigenvalue weighted by Crippen LogP contribution is -2.24. The molecular weight excluding hydrogens is 274 g/mol. The molecule has 22 heavy (non-hydrogen) atoms. The quantitative estimate of drug-likeness (QED) is 0.651. The van der Waals surface area contributed by atoms with E-state index < -0.39 is 0 Å². The molecule has 2 aromatic carbocycles. The molecule has 3 heteroatoms. The Morgan fingerprint density at radius 2 is 1.77 bits per heavy atom. The first-order valence-electron chi connectivity index (χ1n) is 7.44. The second kappa shape index (κ2) is 8.03. The van der Waals surface area contributed by atoms with E-state index in [1.807, 2.05) is 67.6 Å². The molecule has 0 aliphatic carbocycles. The highest BCUT2D eigenvalue weighted by molar-refractivity contribution is 6.24. The molecule has 2 aromatic rings. The summed E-state index contributed by atoms with van der Waals surface area (Å²) in [5.41, 5.74) is 2.54. The molecule has 114 valence electrons. The van der Waals surface area contributed by atoms with Crippen LogP contribution in [0.15, 0.2) is 54.6 Å². The standard InChI is InChI=1S/C19H21NO2/c1-3-13-20-19(21)18(16-7-5-4-6-8-16)14-15-9-11-17(22-2)12-10-15/h4-12,14H,3,13H2,1-2H3,(H,20,21)/b18-14+. The van der Waals surface area contributed by atoms with Crippen LogP contribution >= 0.6 is 0 Å². The highest BCUT2D eigenvalue weighted by atomic mass is 16.5. The summed E-state index contributed by atoms with van der Waals surface area (Å²) >= 11 is 0. The van der Waals surface area contributed by atoms with Crippen molar-refractivity contribution in [3.8, 4) is 5.75 Å². The number of nitrogens with one attached hydrogen (secondary N) is 1. The van der Waals surface area contributed by atoms with E-state index in [0.29, 0.717) is 12.1 Å². The van der Waals surface area contributed by atoms with Crippen LogP contribution in [0.2, 0.25) is 0 Å². The van der Waals surface area contributed by atoms with Crippen molar-refractivity contribution >= 4 is 17.6 Å². The highest BCUT2D eigenvalue weighted by Crippen LogP contribution is 2.20. The molecule has 2 rings (SSSR count). The average molecular weight is 295 g/mol. The van der Waals surface area contributed by atoms with Crippen molar-refractivity contribution in [1.29, 1.82) is 0 Å². The average Bonchev–Trinajstić information content (AvgIpc) is 2.59. The molecule has 0 fully saturated rings. The van der Waals surface area contributed by atoms with Gasteiger partial charge in [0.1, 0.15) is 5.75 Å². The van der Waals surface area contributed by atoms with E-state index in [1.165, 1.54) is 0 Å². The van der Waals surface area contributed by atoms with Crippen molar-refractivity contribution in [3.05, 3.63) is 65.7 Å². The zero-order valence-electron chi connectivity index (χ0n) is 13.0. The SMILES string of the molecule is CCCNC(=O)/C(=C/c1ccc(OC)cc1)c1ccccc1. The smallest absolute Gasteiger partial charge is 0.251 e. The third kappa shape index (κ3) is 4.22. The number of amides is 1. The van der Waals surface area contributed by atoms with Gasteiger partial charge in [-0.3, -0.25) is 4.79 Å². The van der Waals surface area contributed by atoms with E-state index in [1.54, 1.807) is 7.11 Å².